The molecule has 0 fully saturated rings. The number of hydrogen-bond donors (Lipinski definition) is 1. The van der Waals surface area contributed by atoms with Crippen LogP contribution < -0.4 is 0 Å². The summed E-state index contributed by atoms with van der Waals surface area (Å²) in [5, 5.41) is 0. The highest BCUT2D eigenvalue weighted by molar-refractivity contribution is 7.80. The quantitative estimate of drug-likeness (QED) is 0.515. The van der Waals surface area contributed by atoms with E-state index in [1.165, 1.54) is 19.3 Å². The van der Waals surface area contributed by atoms with Crippen molar-refractivity contribution >= 4 is 10.4 Å². The summed E-state index contributed by atoms with van der Waals surface area (Å²) < 4.78 is 33.2. The molecule has 0 bridgehead atoms. The second-order valence-corrected chi connectivity index (χ2v) is 7.41. The van der Waals surface area contributed by atoms with Crippen LogP contribution in [-0.2, 0) is 14.6 Å². The van der Waals surface area contributed by atoms with Crippen molar-refractivity contribution in [3.05, 3.63) is 0 Å². The Bertz CT molecular complexity index is 303. The van der Waals surface area contributed by atoms with Crippen LogP contribution in [0.15, 0.2) is 0 Å². The highest BCUT2D eigenvalue weighted by Crippen LogP contribution is 2.27. The lowest BCUT2D eigenvalue weighted by atomic mass is 9.83. The summed E-state index contributed by atoms with van der Waals surface area (Å²) in [6.07, 6.45) is 6.33. The zero-order valence-electron chi connectivity index (χ0n) is 12.1. The van der Waals surface area contributed by atoms with E-state index in [0.29, 0.717) is 11.8 Å². The topological polar surface area (TPSA) is 63.6 Å². The Morgan fingerprint density at radius 2 is 1.67 bits per heavy atom. The summed E-state index contributed by atoms with van der Waals surface area (Å²) in [5.41, 5.74) is 0.392. The Hall–Kier alpha value is -0.130. The summed E-state index contributed by atoms with van der Waals surface area (Å²) in [6.45, 7) is 9.14. The molecule has 0 radical (unpaired) electrons. The molecular formula is C13H28O4S. The SMILES string of the molecule is CC(CCCCCCOS(=O)(=O)O)CC(C)(C)C. The maximum atomic E-state index is 10.3. The summed E-state index contributed by atoms with van der Waals surface area (Å²) >= 11 is 0. The van der Waals surface area contributed by atoms with Gasteiger partial charge in [0, 0.05) is 0 Å². The van der Waals surface area contributed by atoms with E-state index < -0.39 is 10.4 Å². The first kappa shape index (κ1) is 17.9. The standard InChI is InChI=1S/C13H28O4S/c1-12(11-13(2,3)4)9-7-5-6-8-10-17-18(14,15)16/h12H,5-11H2,1-4H3,(H,14,15,16). The van der Waals surface area contributed by atoms with Gasteiger partial charge in [-0.3, -0.25) is 4.55 Å². The molecule has 0 aromatic heterocycles. The van der Waals surface area contributed by atoms with Gasteiger partial charge in [0.05, 0.1) is 6.61 Å². The van der Waals surface area contributed by atoms with Gasteiger partial charge >= 0.3 is 10.4 Å². The lowest BCUT2D eigenvalue weighted by molar-refractivity contribution is 0.259. The van der Waals surface area contributed by atoms with Crippen molar-refractivity contribution in [1.29, 1.82) is 0 Å². The van der Waals surface area contributed by atoms with Gasteiger partial charge in [-0.1, -0.05) is 53.4 Å². The van der Waals surface area contributed by atoms with Crippen LogP contribution >= 0.6 is 0 Å². The first-order valence-corrected chi connectivity index (χ1v) is 8.08. The van der Waals surface area contributed by atoms with Crippen molar-refractivity contribution in [1.82, 2.24) is 0 Å². The lowest BCUT2D eigenvalue weighted by Gasteiger charge is -2.23. The third-order valence-corrected chi connectivity index (χ3v) is 3.25. The minimum Gasteiger partial charge on any atom is -0.264 e. The highest BCUT2D eigenvalue weighted by atomic mass is 32.3. The number of rotatable bonds is 9. The van der Waals surface area contributed by atoms with Crippen LogP contribution in [0.5, 0.6) is 0 Å². The summed E-state index contributed by atoms with van der Waals surface area (Å²) in [6, 6.07) is 0. The average Bonchev–Trinajstić information content (AvgIpc) is 2.11. The molecule has 0 aromatic carbocycles. The molecule has 1 N–H and O–H groups in total. The molecule has 5 heteroatoms. The normalized spacial score (nSPS) is 14.7. The van der Waals surface area contributed by atoms with Gasteiger partial charge in [-0.25, -0.2) is 4.18 Å². The molecule has 0 rings (SSSR count). The monoisotopic (exact) mass is 280 g/mol. The molecule has 0 aromatic rings. The Labute approximate surface area is 112 Å². The van der Waals surface area contributed by atoms with Crippen LogP contribution in [0.1, 0.15) is 66.2 Å². The minimum absolute atomic E-state index is 0.0797. The van der Waals surface area contributed by atoms with Crippen molar-refractivity contribution in [2.24, 2.45) is 11.3 Å². The fourth-order valence-corrected chi connectivity index (χ4v) is 2.59. The van der Waals surface area contributed by atoms with Crippen LogP contribution in [0.25, 0.3) is 0 Å². The number of hydrogen-bond acceptors (Lipinski definition) is 3. The fraction of sp³-hybridized carbons (Fsp3) is 1.00. The van der Waals surface area contributed by atoms with Crippen LogP contribution in [0, 0.1) is 11.3 Å². The van der Waals surface area contributed by atoms with E-state index >= 15 is 0 Å². The summed E-state index contributed by atoms with van der Waals surface area (Å²) in [7, 11) is -4.25. The second-order valence-electron chi connectivity index (χ2n) is 6.32. The molecule has 0 saturated heterocycles. The van der Waals surface area contributed by atoms with Gasteiger partial charge in [0.25, 0.3) is 0 Å². The third kappa shape index (κ3) is 13.9. The van der Waals surface area contributed by atoms with Gasteiger partial charge in [0.15, 0.2) is 0 Å². The third-order valence-electron chi connectivity index (χ3n) is 2.78. The molecule has 0 aliphatic carbocycles. The van der Waals surface area contributed by atoms with Crippen molar-refractivity contribution in [3.8, 4) is 0 Å². The van der Waals surface area contributed by atoms with E-state index in [-0.39, 0.29) is 6.61 Å². The molecule has 0 saturated carbocycles. The van der Waals surface area contributed by atoms with E-state index in [1.54, 1.807) is 0 Å². The van der Waals surface area contributed by atoms with Crippen molar-refractivity contribution in [3.63, 3.8) is 0 Å². The Morgan fingerprint density at radius 3 is 2.17 bits per heavy atom. The lowest BCUT2D eigenvalue weighted by Crippen LogP contribution is -2.10. The van der Waals surface area contributed by atoms with Crippen molar-refractivity contribution < 1.29 is 17.2 Å². The largest absolute Gasteiger partial charge is 0.397 e. The van der Waals surface area contributed by atoms with Gasteiger partial charge < -0.3 is 0 Å². The van der Waals surface area contributed by atoms with Gasteiger partial charge in [0.1, 0.15) is 0 Å². The van der Waals surface area contributed by atoms with E-state index in [2.05, 4.69) is 31.9 Å². The molecule has 1 atom stereocenters. The first-order valence-electron chi connectivity index (χ1n) is 6.72. The Balaban J connectivity index is 3.41. The van der Waals surface area contributed by atoms with E-state index in [0.717, 1.165) is 18.8 Å². The second kappa shape index (κ2) is 8.12. The van der Waals surface area contributed by atoms with Crippen LogP contribution in [-0.4, -0.2) is 19.6 Å². The molecule has 0 heterocycles. The van der Waals surface area contributed by atoms with Gasteiger partial charge in [-0.2, -0.15) is 8.42 Å². The van der Waals surface area contributed by atoms with Gasteiger partial charge in [-0.15, -0.1) is 0 Å². The molecule has 1 unspecified atom stereocenters. The molecule has 0 aliphatic rings. The van der Waals surface area contributed by atoms with E-state index in [9.17, 15) is 8.42 Å². The predicted molar refractivity (Wildman–Crippen MR) is 73.8 cm³/mol. The molecule has 0 aliphatic heterocycles. The molecule has 4 nitrogen and oxygen atoms in total. The molecule has 18 heavy (non-hydrogen) atoms. The van der Waals surface area contributed by atoms with Crippen LogP contribution in [0.2, 0.25) is 0 Å². The Kier molecular flexibility index (Phi) is 8.06. The highest BCUT2D eigenvalue weighted by Gasteiger charge is 2.14. The van der Waals surface area contributed by atoms with E-state index in [1.807, 2.05) is 0 Å². The number of unbranched alkanes of at least 4 members (excludes halogenated alkanes) is 3. The maximum Gasteiger partial charge on any atom is 0.397 e. The minimum atomic E-state index is -4.25. The molecule has 110 valence electrons. The van der Waals surface area contributed by atoms with Gasteiger partial charge in [0.2, 0.25) is 0 Å². The van der Waals surface area contributed by atoms with E-state index in [4.69, 9.17) is 4.55 Å². The van der Waals surface area contributed by atoms with Crippen molar-refractivity contribution in [2.45, 2.75) is 66.2 Å². The first-order chi connectivity index (χ1) is 8.10. The molecule has 0 amide bonds. The summed E-state index contributed by atoms with van der Waals surface area (Å²) in [5.74, 6) is 0.735. The Morgan fingerprint density at radius 1 is 1.11 bits per heavy atom. The van der Waals surface area contributed by atoms with Gasteiger partial charge in [-0.05, 0) is 24.2 Å². The zero-order chi connectivity index (χ0) is 14.2. The fourth-order valence-electron chi connectivity index (χ4n) is 2.26. The average molecular weight is 280 g/mol. The van der Waals surface area contributed by atoms with Crippen LogP contribution in [0.3, 0.4) is 0 Å². The smallest absolute Gasteiger partial charge is 0.264 e. The maximum absolute atomic E-state index is 10.3. The summed E-state index contributed by atoms with van der Waals surface area (Å²) in [4.78, 5) is 0. The molecule has 0 spiro atoms. The van der Waals surface area contributed by atoms with Crippen molar-refractivity contribution in [2.75, 3.05) is 6.61 Å². The predicted octanol–water partition coefficient (Wildman–Crippen LogP) is 3.83. The molecular weight excluding hydrogens is 252 g/mol. The van der Waals surface area contributed by atoms with Crippen LogP contribution in [0.4, 0.5) is 0 Å². The zero-order valence-corrected chi connectivity index (χ0v) is 12.9.